The van der Waals surface area contributed by atoms with Crippen LogP contribution < -0.4 is 15.4 Å². The van der Waals surface area contributed by atoms with Crippen LogP contribution >= 0.6 is 24.0 Å². The van der Waals surface area contributed by atoms with Gasteiger partial charge in [-0.25, -0.2) is 13.1 Å². The van der Waals surface area contributed by atoms with Crippen LogP contribution in [0.5, 0.6) is 0 Å². The largest absolute Gasteiger partial charge is 0.352 e. The highest BCUT2D eigenvalue weighted by atomic mass is 127. The number of nitrogens with zero attached hydrogens (tertiary/aromatic N) is 2. The summed E-state index contributed by atoms with van der Waals surface area (Å²) in [6, 6.07) is 8.12. The van der Waals surface area contributed by atoms with E-state index < -0.39 is 10.0 Å². The molecular weight excluding hydrogens is 489 g/mol. The Kier molecular flexibility index (Phi) is 8.97. The molecule has 7 nitrogen and oxygen atoms in total. The van der Waals surface area contributed by atoms with Gasteiger partial charge < -0.3 is 10.6 Å². The summed E-state index contributed by atoms with van der Waals surface area (Å²) in [6.45, 7) is 2.75. The molecule has 2 aliphatic rings. The quantitative estimate of drug-likeness (QED) is 0.303. The van der Waals surface area contributed by atoms with Gasteiger partial charge in [0.05, 0.1) is 4.90 Å². The number of halogens is 1. The van der Waals surface area contributed by atoms with Crippen molar-refractivity contribution in [2.45, 2.75) is 55.6 Å². The summed E-state index contributed by atoms with van der Waals surface area (Å²) >= 11 is 0. The van der Waals surface area contributed by atoms with E-state index >= 15 is 0 Å². The third-order valence-corrected chi connectivity index (χ3v) is 6.97. The van der Waals surface area contributed by atoms with Crippen molar-refractivity contribution in [3.05, 3.63) is 29.8 Å². The van der Waals surface area contributed by atoms with E-state index in [1.165, 1.54) is 32.7 Å². The molecule has 0 amide bonds. The van der Waals surface area contributed by atoms with Crippen LogP contribution in [0.25, 0.3) is 0 Å². The zero-order chi connectivity index (χ0) is 19.3. The van der Waals surface area contributed by atoms with E-state index in [1.807, 2.05) is 6.07 Å². The lowest BCUT2D eigenvalue weighted by molar-refractivity contribution is 0.242. The van der Waals surface area contributed by atoms with Crippen LogP contribution in [0.3, 0.4) is 0 Å². The first-order valence-electron chi connectivity index (χ1n) is 9.75. The molecule has 1 atom stereocenters. The van der Waals surface area contributed by atoms with Gasteiger partial charge >= 0.3 is 0 Å². The van der Waals surface area contributed by atoms with Crippen molar-refractivity contribution in [2.24, 2.45) is 4.99 Å². The number of benzene rings is 1. The fourth-order valence-corrected chi connectivity index (χ4v) is 4.82. The molecule has 3 rings (SSSR count). The second-order valence-corrected chi connectivity index (χ2v) is 9.23. The highest BCUT2D eigenvalue weighted by Gasteiger charge is 2.30. The highest BCUT2D eigenvalue weighted by Crippen LogP contribution is 2.26. The van der Waals surface area contributed by atoms with Gasteiger partial charge in [-0.15, -0.1) is 24.0 Å². The zero-order valence-corrected chi connectivity index (χ0v) is 19.8. The van der Waals surface area contributed by atoms with Crippen LogP contribution in [0, 0.1) is 0 Å². The lowest BCUT2D eigenvalue weighted by Crippen LogP contribution is -2.45. The van der Waals surface area contributed by atoms with Gasteiger partial charge in [0.2, 0.25) is 10.0 Å². The van der Waals surface area contributed by atoms with Crippen molar-refractivity contribution < 1.29 is 8.42 Å². The van der Waals surface area contributed by atoms with E-state index in [-0.39, 0.29) is 28.9 Å². The Morgan fingerprint density at radius 2 is 2.00 bits per heavy atom. The predicted octanol–water partition coefficient (Wildman–Crippen LogP) is 1.89. The Labute approximate surface area is 185 Å². The zero-order valence-electron chi connectivity index (χ0n) is 16.6. The number of hydrogen-bond donors (Lipinski definition) is 3. The average Bonchev–Trinajstić information content (AvgIpc) is 3.37. The van der Waals surface area contributed by atoms with E-state index in [2.05, 4.69) is 25.2 Å². The fraction of sp³-hybridized carbons (Fsp3) is 0.632. The van der Waals surface area contributed by atoms with Gasteiger partial charge in [0.25, 0.3) is 0 Å². The van der Waals surface area contributed by atoms with Crippen molar-refractivity contribution in [2.75, 3.05) is 27.2 Å². The third-order valence-electron chi connectivity index (χ3n) is 5.56. The van der Waals surface area contributed by atoms with Crippen molar-refractivity contribution in [1.29, 1.82) is 0 Å². The Morgan fingerprint density at radius 1 is 1.25 bits per heavy atom. The van der Waals surface area contributed by atoms with Gasteiger partial charge in [-0.2, -0.15) is 0 Å². The second-order valence-electron chi connectivity index (χ2n) is 7.34. The topological polar surface area (TPSA) is 85.8 Å². The first kappa shape index (κ1) is 23.4. The minimum atomic E-state index is -3.43. The number of rotatable bonds is 6. The molecule has 1 aliphatic carbocycles. The molecule has 1 saturated heterocycles. The molecular formula is C19H32IN5O2S. The van der Waals surface area contributed by atoms with E-state index in [0.717, 1.165) is 37.1 Å². The monoisotopic (exact) mass is 521 g/mol. The minimum Gasteiger partial charge on any atom is -0.352 e. The van der Waals surface area contributed by atoms with Crippen LogP contribution in [0.1, 0.15) is 37.7 Å². The molecule has 3 N–H and O–H groups in total. The van der Waals surface area contributed by atoms with Gasteiger partial charge in [-0.1, -0.05) is 25.0 Å². The van der Waals surface area contributed by atoms with Gasteiger partial charge in [-0.05, 0) is 44.0 Å². The number of aliphatic imine (C=N–C) groups is 1. The summed E-state index contributed by atoms with van der Waals surface area (Å²) < 4.78 is 26.2. The molecule has 1 heterocycles. The smallest absolute Gasteiger partial charge is 0.240 e. The molecule has 9 heteroatoms. The maximum absolute atomic E-state index is 11.9. The standard InChI is InChI=1S/C19H31N5O2S.HI/c1-20-19(23-16-10-11-24(14-16)17-7-3-4-8-17)22-13-15-6-5-9-18(12-15)27(25,26)21-2;/h5-6,9,12,16-17,21H,3-4,7-8,10-11,13-14H2,1-2H3,(H2,20,22,23);1H. The van der Waals surface area contributed by atoms with Gasteiger partial charge in [0.1, 0.15) is 0 Å². The average molecular weight is 521 g/mol. The number of nitrogens with one attached hydrogen (secondary N) is 3. The minimum absolute atomic E-state index is 0. The summed E-state index contributed by atoms with van der Waals surface area (Å²) in [5.41, 5.74) is 0.897. The van der Waals surface area contributed by atoms with Crippen molar-refractivity contribution in [1.82, 2.24) is 20.3 Å². The molecule has 0 aromatic heterocycles. The Bertz CT molecular complexity index is 765. The predicted molar refractivity (Wildman–Crippen MR) is 124 cm³/mol. The second kappa shape index (κ2) is 10.7. The number of hydrogen-bond acceptors (Lipinski definition) is 4. The maximum atomic E-state index is 11.9. The van der Waals surface area contributed by atoms with Crippen LogP contribution in [0.4, 0.5) is 0 Å². The van der Waals surface area contributed by atoms with Gasteiger partial charge in [-0.3, -0.25) is 9.89 Å². The summed E-state index contributed by atoms with van der Waals surface area (Å²) in [5, 5.41) is 6.81. The molecule has 0 bridgehead atoms. The Morgan fingerprint density at radius 3 is 2.68 bits per heavy atom. The SMILES string of the molecule is CN=C(NCc1cccc(S(=O)(=O)NC)c1)NC1CCN(C2CCCC2)C1.I. The van der Waals surface area contributed by atoms with E-state index in [9.17, 15) is 8.42 Å². The molecule has 28 heavy (non-hydrogen) atoms. The first-order chi connectivity index (χ1) is 13.0. The fourth-order valence-electron chi connectivity index (χ4n) is 4.02. The van der Waals surface area contributed by atoms with Crippen molar-refractivity contribution >= 4 is 40.0 Å². The van der Waals surface area contributed by atoms with Crippen LogP contribution in [-0.4, -0.2) is 58.5 Å². The Hall–Kier alpha value is -0.910. The lowest BCUT2D eigenvalue weighted by Gasteiger charge is -2.24. The summed E-state index contributed by atoms with van der Waals surface area (Å²) in [4.78, 5) is 7.21. The molecule has 0 spiro atoms. The Balaban J connectivity index is 0.00000280. The van der Waals surface area contributed by atoms with Crippen LogP contribution in [0.15, 0.2) is 34.2 Å². The number of sulfonamides is 1. The van der Waals surface area contributed by atoms with Crippen LogP contribution in [-0.2, 0) is 16.6 Å². The molecule has 0 radical (unpaired) electrons. The lowest BCUT2D eigenvalue weighted by atomic mass is 10.2. The van der Waals surface area contributed by atoms with Gasteiger partial charge in [0.15, 0.2) is 5.96 Å². The summed E-state index contributed by atoms with van der Waals surface area (Å²) in [7, 11) is -0.243. The molecule has 2 fully saturated rings. The number of guanidine groups is 1. The summed E-state index contributed by atoms with van der Waals surface area (Å²) in [6.07, 6.45) is 6.54. The van der Waals surface area contributed by atoms with Gasteiger partial charge in [0, 0.05) is 38.8 Å². The van der Waals surface area contributed by atoms with E-state index in [1.54, 1.807) is 25.2 Å². The first-order valence-corrected chi connectivity index (χ1v) is 11.2. The molecule has 1 aromatic rings. The number of likely N-dealkylation sites (tertiary alicyclic amines) is 1. The molecule has 1 unspecified atom stereocenters. The highest BCUT2D eigenvalue weighted by molar-refractivity contribution is 14.0. The van der Waals surface area contributed by atoms with Crippen molar-refractivity contribution in [3.63, 3.8) is 0 Å². The molecule has 1 aromatic carbocycles. The normalized spacial score (nSPS) is 21.5. The summed E-state index contributed by atoms with van der Waals surface area (Å²) in [5.74, 6) is 0.759. The third kappa shape index (κ3) is 6.04. The molecule has 1 aliphatic heterocycles. The van der Waals surface area contributed by atoms with E-state index in [4.69, 9.17) is 0 Å². The van der Waals surface area contributed by atoms with E-state index in [0.29, 0.717) is 12.6 Å². The molecule has 158 valence electrons. The van der Waals surface area contributed by atoms with Crippen LogP contribution in [0.2, 0.25) is 0 Å². The van der Waals surface area contributed by atoms with Crippen molar-refractivity contribution in [3.8, 4) is 0 Å². The molecule has 1 saturated carbocycles. The maximum Gasteiger partial charge on any atom is 0.240 e.